The first kappa shape index (κ1) is 25.4. The Morgan fingerprint density at radius 3 is 2.45 bits per heavy atom. The number of hydrogen-bond acceptors (Lipinski definition) is 4. The van der Waals surface area contributed by atoms with Crippen LogP contribution in [0.25, 0.3) is 0 Å². The minimum atomic E-state index is -2.90. The second-order valence-corrected chi connectivity index (χ2v) is 8.29. The number of rotatable bonds is 9. The van der Waals surface area contributed by atoms with Gasteiger partial charge in [0.05, 0.1) is 18.4 Å². The summed E-state index contributed by atoms with van der Waals surface area (Å²) in [6, 6.07) is 6.54. The van der Waals surface area contributed by atoms with E-state index in [-0.39, 0.29) is 71.8 Å². The number of para-hydroxylation sites is 1. The van der Waals surface area contributed by atoms with Crippen molar-refractivity contribution in [1.29, 1.82) is 0 Å². The fourth-order valence-corrected chi connectivity index (χ4v) is 4.98. The van der Waals surface area contributed by atoms with Gasteiger partial charge >= 0.3 is 6.61 Å². The largest absolute Gasteiger partial charge is 0.434 e. The molecule has 2 N–H and O–H groups in total. The van der Waals surface area contributed by atoms with Crippen LogP contribution < -0.4 is 15.4 Å². The molecule has 4 atom stereocenters. The first-order valence-electron chi connectivity index (χ1n) is 11.1. The summed E-state index contributed by atoms with van der Waals surface area (Å²) in [5, 5.41) is 6.28. The molecule has 1 heterocycles. The molecule has 10 heteroatoms. The lowest BCUT2D eigenvalue weighted by atomic mass is 9.85. The molecule has 7 nitrogen and oxygen atoms in total. The number of carbonyl (C=O) groups is 2. The molecule has 1 aromatic rings. The number of hydrogen-bond donors (Lipinski definition) is 2. The number of imide groups is 1. The van der Waals surface area contributed by atoms with Crippen LogP contribution in [0, 0.1) is 23.7 Å². The molecule has 4 rings (SSSR count). The van der Waals surface area contributed by atoms with Gasteiger partial charge in [-0.25, -0.2) is 4.99 Å². The zero-order valence-electron chi connectivity index (χ0n) is 18.4. The maximum Gasteiger partial charge on any atom is 0.387 e. The molecule has 33 heavy (non-hydrogen) atoms. The smallest absolute Gasteiger partial charge is 0.387 e. The van der Waals surface area contributed by atoms with Crippen LogP contribution >= 0.6 is 24.0 Å². The number of halogens is 3. The Morgan fingerprint density at radius 2 is 1.82 bits per heavy atom. The van der Waals surface area contributed by atoms with Crippen LogP contribution in [-0.2, 0) is 16.1 Å². The lowest BCUT2D eigenvalue weighted by Crippen LogP contribution is -2.40. The van der Waals surface area contributed by atoms with Crippen molar-refractivity contribution in [3.63, 3.8) is 0 Å². The van der Waals surface area contributed by atoms with Gasteiger partial charge in [-0.15, -0.1) is 24.0 Å². The van der Waals surface area contributed by atoms with E-state index >= 15 is 0 Å². The van der Waals surface area contributed by atoms with Gasteiger partial charge in [0.25, 0.3) is 0 Å². The normalized spacial score (nSPS) is 25.5. The van der Waals surface area contributed by atoms with E-state index in [9.17, 15) is 18.4 Å². The molecule has 0 radical (unpaired) electrons. The lowest BCUT2D eigenvalue weighted by molar-refractivity contribution is -0.140. The fraction of sp³-hybridized carbons (Fsp3) is 0.522. The number of nitrogens with one attached hydrogen (secondary N) is 2. The Hall–Kier alpha value is -2.24. The van der Waals surface area contributed by atoms with Gasteiger partial charge < -0.3 is 15.4 Å². The van der Waals surface area contributed by atoms with E-state index < -0.39 is 6.61 Å². The monoisotopic (exact) mass is 574 g/mol. The third kappa shape index (κ3) is 5.47. The molecule has 3 aliphatic rings. The second kappa shape index (κ2) is 11.3. The number of amides is 2. The van der Waals surface area contributed by atoms with Crippen LogP contribution in [0.1, 0.15) is 25.3 Å². The minimum absolute atomic E-state index is 0. The highest BCUT2D eigenvalue weighted by molar-refractivity contribution is 14.0. The zero-order chi connectivity index (χ0) is 22.7. The average Bonchev–Trinajstić information content (AvgIpc) is 3.44. The van der Waals surface area contributed by atoms with Crippen molar-refractivity contribution < 1.29 is 23.1 Å². The number of allylic oxidation sites excluding steroid dienone is 2. The van der Waals surface area contributed by atoms with Gasteiger partial charge in [0.2, 0.25) is 11.8 Å². The number of guanidine groups is 1. The lowest BCUT2D eigenvalue weighted by Gasteiger charge is -2.18. The van der Waals surface area contributed by atoms with E-state index in [1.54, 1.807) is 18.2 Å². The third-order valence-electron chi connectivity index (χ3n) is 6.35. The summed E-state index contributed by atoms with van der Waals surface area (Å²) in [5.41, 5.74) is 0.549. The van der Waals surface area contributed by atoms with Gasteiger partial charge in [0.1, 0.15) is 5.75 Å². The number of likely N-dealkylation sites (tertiary alicyclic amines) is 1. The van der Waals surface area contributed by atoms with E-state index in [0.29, 0.717) is 37.6 Å². The molecular formula is C23H29F2IN4O3. The molecule has 2 bridgehead atoms. The quantitative estimate of drug-likeness (QED) is 0.118. The molecule has 1 saturated heterocycles. The number of alkyl halides is 2. The number of carbonyl (C=O) groups excluding carboxylic acids is 2. The molecule has 180 valence electrons. The van der Waals surface area contributed by atoms with E-state index in [0.717, 1.165) is 6.42 Å². The molecule has 4 unspecified atom stereocenters. The standard InChI is InChI=1S/C23H28F2N4O3.HI/c1-2-26-23(28-13-16-6-3-4-7-17(16)32-22(24)25)27-10-5-11-29-20(30)18-14-8-9-15(12-14)19(18)21(29)31;/h3-4,6-9,14-15,18-19,22H,2,5,10-13H2,1H3,(H2,26,27,28);1H. The van der Waals surface area contributed by atoms with Crippen LogP contribution in [0.4, 0.5) is 8.78 Å². The van der Waals surface area contributed by atoms with Gasteiger partial charge in [-0.2, -0.15) is 8.78 Å². The molecular weight excluding hydrogens is 545 g/mol. The summed E-state index contributed by atoms with van der Waals surface area (Å²) in [7, 11) is 0. The predicted octanol–water partition coefficient (Wildman–Crippen LogP) is 3.16. The fourth-order valence-electron chi connectivity index (χ4n) is 4.98. The summed E-state index contributed by atoms with van der Waals surface area (Å²) < 4.78 is 29.7. The van der Waals surface area contributed by atoms with Crippen LogP contribution in [-0.4, -0.2) is 48.9 Å². The van der Waals surface area contributed by atoms with Gasteiger partial charge in [0, 0.05) is 25.2 Å². The maximum absolute atomic E-state index is 12.7. The third-order valence-corrected chi connectivity index (χ3v) is 6.35. The number of nitrogens with zero attached hydrogens (tertiary/aromatic N) is 2. The average molecular weight is 574 g/mol. The second-order valence-electron chi connectivity index (χ2n) is 8.29. The number of benzene rings is 1. The Bertz CT molecular complexity index is 897. The molecule has 0 spiro atoms. The van der Waals surface area contributed by atoms with Crippen molar-refractivity contribution in [1.82, 2.24) is 15.5 Å². The van der Waals surface area contributed by atoms with E-state index in [2.05, 4.69) is 32.5 Å². The topological polar surface area (TPSA) is 83.0 Å². The van der Waals surface area contributed by atoms with Crippen LogP contribution in [0.3, 0.4) is 0 Å². The van der Waals surface area contributed by atoms with Crippen LogP contribution in [0.15, 0.2) is 41.4 Å². The van der Waals surface area contributed by atoms with Crippen molar-refractivity contribution in [2.45, 2.75) is 32.9 Å². The highest BCUT2D eigenvalue weighted by Gasteiger charge is 2.58. The molecule has 2 aliphatic carbocycles. The number of fused-ring (bicyclic) bond motifs is 5. The van der Waals surface area contributed by atoms with Crippen molar-refractivity contribution in [3.05, 3.63) is 42.0 Å². The first-order valence-corrected chi connectivity index (χ1v) is 11.1. The van der Waals surface area contributed by atoms with Gasteiger partial charge in [-0.3, -0.25) is 14.5 Å². The number of ether oxygens (including phenoxy) is 1. The van der Waals surface area contributed by atoms with Crippen LogP contribution in [0.5, 0.6) is 5.75 Å². The molecule has 2 amide bonds. The van der Waals surface area contributed by atoms with Crippen molar-refractivity contribution in [2.24, 2.45) is 28.7 Å². The molecule has 0 aromatic heterocycles. The van der Waals surface area contributed by atoms with Crippen molar-refractivity contribution in [2.75, 3.05) is 19.6 Å². The van der Waals surface area contributed by atoms with Gasteiger partial charge in [-0.1, -0.05) is 30.4 Å². The van der Waals surface area contributed by atoms with Crippen molar-refractivity contribution >= 4 is 41.8 Å². The van der Waals surface area contributed by atoms with E-state index in [4.69, 9.17) is 0 Å². The molecule has 2 fully saturated rings. The number of aliphatic imine (C=N–C) groups is 1. The highest BCUT2D eigenvalue weighted by Crippen LogP contribution is 2.52. The SMILES string of the molecule is CCNC(=NCc1ccccc1OC(F)F)NCCCN1C(=O)C2C3C=CC(C3)C2C1=O.I. The van der Waals surface area contributed by atoms with E-state index in [1.165, 1.54) is 11.0 Å². The minimum Gasteiger partial charge on any atom is -0.434 e. The molecule has 1 aromatic carbocycles. The Kier molecular flexibility index (Phi) is 8.66. The summed E-state index contributed by atoms with van der Waals surface area (Å²) >= 11 is 0. The van der Waals surface area contributed by atoms with Crippen LogP contribution in [0.2, 0.25) is 0 Å². The summed E-state index contributed by atoms with van der Waals surface area (Å²) in [5.74, 6) is 0.656. The van der Waals surface area contributed by atoms with Gasteiger partial charge in [0.15, 0.2) is 5.96 Å². The first-order chi connectivity index (χ1) is 15.5. The predicted molar refractivity (Wildman–Crippen MR) is 130 cm³/mol. The van der Waals surface area contributed by atoms with E-state index in [1.807, 2.05) is 6.92 Å². The molecule has 1 saturated carbocycles. The Balaban J connectivity index is 0.00000306. The Labute approximate surface area is 209 Å². The highest BCUT2D eigenvalue weighted by atomic mass is 127. The summed E-state index contributed by atoms with van der Waals surface area (Å²) in [6.07, 6.45) is 5.70. The Morgan fingerprint density at radius 1 is 1.15 bits per heavy atom. The molecule has 1 aliphatic heterocycles. The van der Waals surface area contributed by atoms with Crippen molar-refractivity contribution in [3.8, 4) is 5.75 Å². The maximum atomic E-state index is 12.7. The summed E-state index contributed by atoms with van der Waals surface area (Å²) in [6.45, 7) is 0.713. The van der Waals surface area contributed by atoms with Gasteiger partial charge in [-0.05, 0) is 37.7 Å². The zero-order valence-corrected chi connectivity index (χ0v) is 20.7. The summed E-state index contributed by atoms with van der Waals surface area (Å²) in [4.78, 5) is 31.3.